The fourth-order valence-corrected chi connectivity index (χ4v) is 1.12. The van der Waals surface area contributed by atoms with Gasteiger partial charge in [-0.3, -0.25) is 0 Å². The molecule has 1 N–H and O–H groups in total. The number of hydrogen-bond acceptors (Lipinski definition) is 3. The summed E-state index contributed by atoms with van der Waals surface area (Å²) in [5.41, 5.74) is 0. The number of ether oxygens (including phenoxy) is 2. The molecule has 0 saturated carbocycles. The van der Waals surface area contributed by atoms with E-state index in [9.17, 15) is 13.2 Å². The van der Waals surface area contributed by atoms with Crippen molar-refractivity contribution >= 4 is 0 Å². The Balaban J connectivity index is 2.99. The van der Waals surface area contributed by atoms with Gasteiger partial charge in [-0.05, 0) is 25.8 Å². The van der Waals surface area contributed by atoms with Gasteiger partial charge in [-0.15, -0.1) is 0 Å². The van der Waals surface area contributed by atoms with Crippen molar-refractivity contribution in [3.63, 3.8) is 0 Å². The van der Waals surface area contributed by atoms with Crippen LogP contribution >= 0.6 is 0 Å². The molecule has 3 nitrogen and oxygen atoms in total. The van der Waals surface area contributed by atoms with E-state index in [1.807, 2.05) is 0 Å². The van der Waals surface area contributed by atoms with E-state index in [-0.39, 0.29) is 6.61 Å². The van der Waals surface area contributed by atoms with E-state index in [0.717, 1.165) is 25.9 Å². The zero-order chi connectivity index (χ0) is 12.3. The number of hydrogen-bond donors (Lipinski definition) is 1. The molecule has 98 valence electrons. The Bertz CT molecular complexity index is 153. The van der Waals surface area contributed by atoms with Crippen molar-refractivity contribution in [2.75, 3.05) is 40.0 Å². The number of nitrogens with one attached hydrogen (secondary N) is 1. The summed E-state index contributed by atoms with van der Waals surface area (Å²) >= 11 is 0. The summed E-state index contributed by atoms with van der Waals surface area (Å²) in [6, 6.07) is 0. The van der Waals surface area contributed by atoms with Crippen molar-refractivity contribution in [2.45, 2.75) is 25.4 Å². The molecule has 0 unspecified atom stereocenters. The average molecular weight is 243 g/mol. The quantitative estimate of drug-likeness (QED) is 0.595. The van der Waals surface area contributed by atoms with Gasteiger partial charge < -0.3 is 14.8 Å². The van der Waals surface area contributed by atoms with E-state index >= 15 is 0 Å². The van der Waals surface area contributed by atoms with Crippen molar-refractivity contribution in [1.29, 1.82) is 0 Å². The minimum Gasteiger partial charge on any atom is -0.383 e. The lowest BCUT2D eigenvalue weighted by molar-refractivity contribution is -0.174. The largest absolute Gasteiger partial charge is 0.411 e. The Morgan fingerprint density at radius 2 is 1.75 bits per heavy atom. The zero-order valence-electron chi connectivity index (χ0n) is 9.61. The number of halogens is 3. The molecule has 6 heteroatoms. The molecule has 0 aliphatic rings. The molecule has 0 aromatic carbocycles. The topological polar surface area (TPSA) is 30.5 Å². The van der Waals surface area contributed by atoms with E-state index in [1.165, 1.54) is 0 Å². The molecular formula is C10H20F3NO2. The Hall–Kier alpha value is -0.330. The van der Waals surface area contributed by atoms with Crippen LogP contribution < -0.4 is 5.32 Å². The van der Waals surface area contributed by atoms with Gasteiger partial charge in [0.2, 0.25) is 0 Å². The predicted molar refractivity (Wildman–Crippen MR) is 55.5 cm³/mol. The van der Waals surface area contributed by atoms with Gasteiger partial charge in [0.15, 0.2) is 0 Å². The Labute approximate surface area is 94.3 Å². The van der Waals surface area contributed by atoms with E-state index in [4.69, 9.17) is 4.74 Å². The SMILES string of the molecule is COCCNCCCCCOCC(F)(F)F. The van der Waals surface area contributed by atoms with Gasteiger partial charge >= 0.3 is 6.18 Å². The lowest BCUT2D eigenvalue weighted by atomic mass is 10.2. The van der Waals surface area contributed by atoms with Gasteiger partial charge in [0.05, 0.1) is 6.61 Å². The van der Waals surface area contributed by atoms with E-state index in [1.54, 1.807) is 7.11 Å². The minimum atomic E-state index is -4.21. The van der Waals surface area contributed by atoms with Gasteiger partial charge in [0.1, 0.15) is 6.61 Å². The first kappa shape index (κ1) is 15.7. The molecule has 0 aliphatic carbocycles. The van der Waals surface area contributed by atoms with Crippen LogP contribution in [-0.4, -0.2) is 46.2 Å². The maximum absolute atomic E-state index is 11.7. The van der Waals surface area contributed by atoms with Crippen molar-refractivity contribution in [3.8, 4) is 0 Å². The van der Waals surface area contributed by atoms with E-state index < -0.39 is 12.8 Å². The van der Waals surface area contributed by atoms with Crippen LogP contribution in [0.5, 0.6) is 0 Å². The number of unbranched alkanes of at least 4 members (excludes halogenated alkanes) is 2. The normalized spacial score (nSPS) is 12.0. The fraction of sp³-hybridized carbons (Fsp3) is 1.00. The first-order chi connectivity index (χ1) is 7.56. The second kappa shape index (κ2) is 9.86. The Morgan fingerprint density at radius 1 is 1.00 bits per heavy atom. The van der Waals surface area contributed by atoms with E-state index in [2.05, 4.69) is 10.1 Å². The van der Waals surface area contributed by atoms with Gasteiger partial charge in [-0.1, -0.05) is 0 Å². The van der Waals surface area contributed by atoms with Crippen LogP contribution in [0.3, 0.4) is 0 Å². The summed E-state index contributed by atoms with van der Waals surface area (Å²) in [7, 11) is 1.64. The highest BCUT2D eigenvalue weighted by atomic mass is 19.4. The van der Waals surface area contributed by atoms with Crippen molar-refractivity contribution < 1.29 is 22.6 Å². The molecule has 0 atom stereocenters. The molecule has 16 heavy (non-hydrogen) atoms. The van der Waals surface area contributed by atoms with Crippen LogP contribution in [0.4, 0.5) is 13.2 Å². The minimum absolute atomic E-state index is 0.178. The first-order valence-electron chi connectivity index (χ1n) is 5.40. The molecule has 0 fully saturated rings. The summed E-state index contributed by atoms with van der Waals surface area (Å²) in [5, 5.41) is 3.16. The first-order valence-corrected chi connectivity index (χ1v) is 5.40. The zero-order valence-corrected chi connectivity index (χ0v) is 9.61. The molecule has 0 aromatic rings. The van der Waals surface area contributed by atoms with Crippen LogP contribution in [0.1, 0.15) is 19.3 Å². The van der Waals surface area contributed by atoms with Gasteiger partial charge in [-0.25, -0.2) is 0 Å². The van der Waals surface area contributed by atoms with Crippen LogP contribution in [0.15, 0.2) is 0 Å². The van der Waals surface area contributed by atoms with Crippen molar-refractivity contribution in [3.05, 3.63) is 0 Å². The summed E-state index contributed by atoms with van der Waals surface area (Å²) < 4.78 is 44.3. The van der Waals surface area contributed by atoms with Gasteiger partial charge in [0.25, 0.3) is 0 Å². The Kier molecular flexibility index (Phi) is 9.66. The fourth-order valence-electron chi connectivity index (χ4n) is 1.12. The lowest BCUT2D eigenvalue weighted by Gasteiger charge is -2.07. The van der Waals surface area contributed by atoms with Gasteiger partial charge in [-0.2, -0.15) is 13.2 Å². The predicted octanol–water partition coefficient (Wildman–Crippen LogP) is 1.97. The van der Waals surface area contributed by atoms with Crippen LogP contribution in [0.2, 0.25) is 0 Å². The molecule has 0 aliphatic heterocycles. The second-order valence-electron chi connectivity index (χ2n) is 3.47. The van der Waals surface area contributed by atoms with Crippen LogP contribution in [0.25, 0.3) is 0 Å². The monoisotopic (exact) mass is 243 g/mol. The molecule has 0 saturated heterocycles. The summed E-state index contributed by atoms with van der Waals surface area (Å²) in [4.78, 5) is 0. The molecule has 0 spiro atoms. The summed E-state index contributed by atoms with van der Waals surface area (Å²) in [6.45, 7) is 1.38. The summed E-state index contributed by atoms with van der Waals surface area (Å²) in [6.07, 6.45) is -1.72. The van der Waals surface area contributed by atoms with Crippen molar-refractivity contribution in [2.24, 2.45) is 0 Å². The standard InChI is InChI=1S/C10H20F3NO2/c1-15-8-6-14-5-3-2-4-7-16-9-10(11,12)13/h14H,2-9H2,1H3. The highest BCUT2D eigenvalue weighted by molar-refractivity contribution is 4.49. The van der Waals surface area contributed by atoms with Crippen molar-refractivity contribution in [1.82, 2.24) is 5.32 Å². The second-order valence-corrected chi connectivity index (χ2v) is 3.47. The van der Waals surface area contributed by atoms with E-state index in [0.29, 0.717) is 13.0 Å². The van der Waals surface area contributed by atoms with Gasteiger partial charge in [0, 0.05) is 20.3 Å². The number of methoxy groups -OCH3 is 1. The maximum Gasteiger partial charge on any atom is 0.411 e. The summed E-state index contributed by atoms with van der Waals surface area (Å²) in [5.74, 6) is 0. The lowest BCUT2D eigenvalue weighted by Crippen LogP contribution is -2.20. The smallest absolute Gasteiger partial charge is 0.383 e. The third-order valence-electron chi connectivity index (χ3n) is 1.89. The number of rotatable bonds is 10. The van der Waals surface area contributed by atoms with Crippen LogP contribution in [-0.2, 0) is 9.47 Å². The maximum atomic E-state index is 11.7. The Morgan fingerprint density at radius 3 is 2.38 bits per heavy atom. The molecule has 0 aromatic heterocycles. The molecule has 0 bridgehead atoms. The third kappa shape index (κ3) is 13.7. The average Bonchev–Trinajstić information content (AvgIpc) is 2.19. The molecular weight excluding hydrogens is 223 g/mol. The number of alkyl halides is 3. The molecule has 0 rings (SSSR count). The van der Waals surface area contributed by atoms with Crippen LogP contribution in [0, 0.1) is 0 Å². The molecule has 0 radical (unpaired) electrons. The third-order valence-corrected chi connectivity index (χ3v) is 1.89. The molecule has 0 heterocycles. The molecule has 0 amide bonds. The highest BCUT2D eigenvalue weighted by Gasteiger charge is 2.26. The highest BCUT2D eigenvalue weighted by Crippen LogP contribution is 2.14.